The summed E-state index contributed by atoms with van der Waals surface area (Å²) in [5.74, 6) is 0. The van der Waals surface area contributed by atoms with Gasteiger partial charge in [0.05, 0.1) is 6.10 Å². The summed E-state index contributed by atoms with van der Waals surface area (Å²) in [6.07, 6.45) is -0.103. The maximum absolute atomic E-state index is 9.86. The fraction of sp³-hybridized carbons (Fsp3) is 0.538. The van der Waals surface area contributed by atoms with Gasteiger partial charge in [0.1, 0.15) is 0 Å². The molecule has 0 bridgehead atoms. The van der Waals surface area contributed by atoms with Crippen LogP contribution in [0.25, 0.3) is 10.4 Å². The Bertz CT molecular complexity index is 400. The first kappa shape index (κ1) is 13.6. The molecule has 1 aromatic rings. The van der Waals surface area contributed by atoms with E-state index in [-0.39, 0.29) is 5.41 Å². The monoisotopic (exact) mass is 233 g/mol. The number of rotatable bonds is 4. The smallest absolute Gasteiger partial charge is 0.0791 e. The molecular weight excluding hydrogens is 214 g/mol. The van der Waals surface area contributed by atoms with Crippen LogP contribution in [0.5, 0.6) is 0 Å². The van der Waals surface area contributed by atoms with Crippen LogP contribution in [0.1, 0.15) is 44.4 Å². The van der Waals surface area contributed by atoms with Crippen LogP contribution in [0.4, 0.5) is 0 Å². The molecule has 0 amide bonds. The van der Waals surface area contributed by atoms with Crippen molar-refractivity contribution in [2.75, 3.05) is 6.54 Å². The molecular formula is C13H19N3O. The largest absolute Gasteiger partial charge is 0.388 e. The van der Waals surface area contributed by atoms with Crippen molar-refractivity contribution in [1.82, 2.24) is 0 Å². The van der Waals surface area contributed by atoms with Gasteiger partial charge in [-0.25, -0.2) is 0 Å². The molecule has 0 aliphatic heterocycles. The van der Waals surface area contributed by atoms with Gasteiger partial charge in [0.25, 0.3) is 0 Å². The first-order valence-electron chi connectivity index (χ1n) is 5.74. The lowest BCUT2D eigenvalue weighted by Gasteiger charge is -2.20. The van der Waals surface area contributed by atoms with Crippen LogP contribution >= 0.6 is 0 Å². The molecule has 0 radical (unpaired) electrons. The van der Waals surface area contributed by atoms with Crippen molar-refractivity contribution in [1.29, 1.82) is 0 Å². The summed E-state index contributed by atoms with van der Waals surface area (Å²) in [5, 5.41) is 13.3. The number of azide groups is 1. The Kier molecular flexibility index (Phi) is 4.55. The van der Waals surface area contributed by atoms with Crippen LogP contribution in [-0.2, 0) is 5.41 Å². The second-order valence-electron chi connectivity index (χ2n) is 5.13. The highest BCUT2D eigenvalue weighted by atomic mass is 16.3. The quantitative estimate of drug-likeness (QED) is 0.480. The zero-order valence-corrected chi connectivity index (χ0v) is 10.6. The molecule has 0 aliphatic rings. The van der Waals surface area contributed by atoms with E-state index in [0.717, 1.165) is 5.56 Å². The Hall–Kier alpha value is -1.51. The molecule has 1 aromatic carbocycles. The zero-order chi connectivity index (χ0) is 12.9. The van der Waals surface area contributed by atoms with E-state index in [1.165, 1.54) is 5.56 Å². The van der Waals surface area contributed by atoms with Crippen LogP contribution in [-0.4, -0.2) is 11.7 Å². The number of aliphatic hydroxyl groups excluding tert-OH is 1. The van der Waals surface area contributed by atoms with Gasteiger partial charge >= 0.3 is 0 Å². The molecule has 0 saturated carbocycles. The van der Waals surface area contributed by atoms with E-state index in [1.54, 1.807) is 0 Å². The number of hydrogen-bond donors (Lipinski definition) is 1. The van der Waals surface area contributed by atoms with Crippen molar-refractivity contribution in [3.8, 4) is 0 Å². The predicted octanol–water partition coefficient (Wildman–Crippen LogP) is 3.72. The third kappa shape index (κ3) is 4.10. The summed E-state index contributed by atoms with van der Waals surface area (Å²) in [7, 11) is 0. The molecule has 4 heteroatoms. The maximum Gasteiger partial charge on any atom is 0.0791 e. The van der Waals surface area contributed by atoms with Gasteiger partial charge in [0.15, 0.2) is 0 Å². The molecule has 0 saturated heterocycles. The van der Waals surface area contributed by atoms with E-state index < -0.39 is 6.10 Å². The van der Waals surface area contributed by atoms with Crippen molar-refractivity contribution in [3.63, 3.8) is 0 Å². The molecule has 0 aromatic heterocycles. The minimum absolute atomic E-state index is 0.120. The summed E-state index contributed by atoms with van der Waals surface area (Å²) < 4.78 is 0. The zero-order valence-electron chi connectivity index (χ0n) is 10.6. The van der Waals surface area contributed by atoms with Gasteiger partial charge < -0.3 is 5.11 Å². The Balaban J connectivity index is 2.70. The molecule has 4 nitrogen and oxygen atoms in total. The second-order valence-corrected chi connectivity index (χ2v) is 5.13. The molecule has 0 heterocycles. The van der Waals surface area contributed by atoms with Crippen molar-refractivity contribution in [2.45, 2.75) is 38.7 Å². The molecule has 1 N–H and O–H groups in total. The Morgan fingerprint density at radius 2 is 1.88 bits per heavy atom. The van der Waals surface area contributed by atoms with Crippen molar-refractivity contribution in [3.05, 3.63) is 45.8 Å². The number of benzene rings is 1. The van der Waals surface area contributed by atoms with Gasteiger partial charge in [-0.15, -0.1) is 0 Å². The second kappa shape index (κ2) is 5.71. The van der Waals surface area contributed by atoms with E-state index in [0.29, 0.717) is 13.0 Å². The molecule has 17 heavy (non-hydrogen) atoms. The average molecular weight is 233 g/mol. The fourth-order valence-electron chi connectivity index (χ4n) is 1.60. The van der Waals surface area contributed by atoms with E-state index in [9.17, 15) is 5.11 Å². The average Bonchev–Trinajstić information content (AvgIpc) is 2.28. The summed E-state index contributed by atoms with van der Waals surface area (Å²) in [6, 6.07) is 7.93. The van der Waals surface area contributed by atoms with E-state index >= 15 is 0 Å². The van der Waals surface area contributed by atoms with E-state index in [4.69, 9.17) is 5.53 Å². The summed E-state index contributed by atoms with van der Waals surface area (Å²) in [5.41, 5.74) is 10.4. The first-order valence-corrected chi connectivity index (χ1v) is 5.74. The lowest BCUT2D eigenvalue weighted by atomic mass is 9.86. The van der Waals surface area contributed by atoms with Crippen LogP contribution in [0, 0.1) is 0 Å². The standard InChI is InChI=1S/C13H19N3O/c1-13(2,3)11-6-4-10(5-7-11)12(17)8-9-15-16-14/h4-7,12,17H,8-9H2,1-3H3. The van der Waals surface area contributed by atoms with Crippen LogP contribution in [0.3, 0.4) is 0 Å². The van der Waals surface area contributed by atoms with Gasteiger partial charge in [-0.05, 0) is 28.5 Å². The van der Waals surface area contributed by atoms with Crippen LogP contribution < -0.4 is 0 Å². The predicted molar refractivity (Wildman–Crippen MR) is 68.7 cm³/mol. The highest BCUT2D eigenvalue weighted by Crippen LogP contribution is 2.24. The lowest BCUT2D eigenvalue weighted by molar-refractivity contribution is 0.170. The molecule has 0 spiro atoms. The summed E-state index contributed by atoms with van der Waals surface area (Å²) in [6.45, 7) is 6.78. The van der Waals surface area contributed by atoms with Gasteiger partial charge in [-0.3, -0.25) is 0 Å². The molecule has 1 unspecified atom stereocenters. The minimum atomic E-state index is -0.561. The number of hydrogen-bond acceptors (Lipinski definition) is 2. The van der Waals surface area contributed by atoms with Crippen molar-refractivity contribution in [2.24, 2.45) is 5.11 Å². The molecule has 0 aliphatic carbocycles. The summed E-state index contributed by atoms with van der Waals surface area (Å²) in [4.78, 5) is 2.66. The van der Waals surface area contributed by atoms with Crippen molar-refractivity contribution >= 4 is 0 Å². The van der Waals surface area contributed by atoms with Crippen LogP contribution in [0.15, 0.2) is 29.4 Å². The third-order valence-electron chi connectivity index (χ3n) is 2.73. The first-order chi connectivity index (χ1) is 7.95. The normalized spacial score (nSPS) is 12.9. The van der Waals surface area contributed by atoms with Gasteiger partial charge in [-0.1, -0.05) is 50.2 Å². The highest BCUT2D eigenvalue weighted by molar-refractivity contribution is 5.28. The van der Waals surface area contributed by atoms with Gasteiger partial charge in [0, 0.05) is 11.5 Å². The molecule has 1 rings (SSSR count). The number of nitrogens with zero attached hydrogens (tertiary/aromatic N) is 3. The molecule has 0 fully saturated rings. The SMILES string of the molecule is CC(C)(C)c1ccc(C(O)CCN=[N+]=[N-])cc1. The van der Waals surface area contributed by atoms with Gasteiger partial charge in [-0.2, -0.15) is 0 Å². The Morgan fingerprint density at radius 1 is 1.29 bits per heavy atom. The number of aliphatic hydroxyl groups is 1. The summed E-state index contributed by atoms with van der Waals surface area (Å²) >= 11 is 0. The van der Waals surface area contributed by atoms with E-state index in [2.05, 4.69) is 30.8 Å². The molecule has 1 atom stereocenters. The van der Waals surface area contributed by atoms with E-state index in [1.807, 2.05) is 24.3 Å². The maximum atomic E-state index is 9.86. The fourth-order valence-corrected chi connectivity index (χ4v) is 1.60. The van der Waals surface area contributed by atoms with Crippen molar-refractivity contribution < 1.29 is 5.11 Å². The topological polar surface area (TPSA) is 69.0 Å². The van der Waals surface area contributed by atoms with Crippen LogP contribution in [0.2, 0.25) is 0 Å². The Labute approximate surface area is 102 Å². The van der Waals surface area contributed by atoms with Gasteiger partial charge in [0.2, 0.25) is 0 Å². The minimum Gasteiger partial charge on any atom is -0.388 e. The molecule has 92 valence electrons. The third-order valence-corrected chi connectivity index (χ3v) is 2.73. The Morgan fingerprint density at radius 3 is 2.35 bits per heavy atom. The lowest BCUT2D eigenvalue weighted by Crippen LogP contribution is -2.11. The highest BCUT2D eigenvalue weighted by Gasteiger charge is 2.14.